The highest BCUT2D eigenvalue weighted by Gasteiger charge is 2.22. The number of nitrogens with one attached hydrogen (secondary N) is 4. The van der Waals surface area contributed by atoms with Crippen LogP contribution >= 0.6 is 11.6 Å². The first-order chi connectivity index (χ1) is 16.8. The molecular weight excluding hydrogens is 464 g/mol. The Morgan fingerprint density at radius 3 is 2.14 bits per heavy atom. The number of hydrogen-bond acceptors (Lipinski definition) is 3. The molecule has 0 saturated heterocycles. The number of aromatic amines is 1. The highest BCUT2D eigenvalue weighted by atomic mass is 35.5. The first-order valence-electron chi connectivity index (χ1n) is 11.1. The minimum Gasteiger partial charge on any atom is -0.361 e. The van der Waals surface area contributed by atoms with Crippen molar-refractivity contribution in [3.8, 4) is 0 Å². The number of benzene rings is 3. The van der Waals surface area contributed by atoms with Crippen molar-refractivity contribution in [3.63, 3.8) is 0 Å². The van der Waals surface area contributed by atoms with Gasteiger partial charge in [0.05, 0.1) is 0 Å². The summed E-state index contributed by atoms with van der Waals surface area (Å²) in [5, 5.41) is 9.98. The summed E-state index contributed by atoms with van der Waals surface area (Å²) in [6.45, 7) is 3.03. The number of para-hydroxylation sites is 1. The fraction of sp³-hybridized carbons (Fsp3) is 0.148. The lowest BCUT2D eigenvalue weighted by Gasteiger charge is -2.20. The van der Waals surface area contributed by atoms with Crippen molar-refractivity contribution >= 4 is 51.6 Å². The zero-order valence-electron chi connectivity index (χ0n) is 19.3. The number of carbonyl (C=O) groups is 3. The molecule has 3 amide bonds. The molecule has 4 aromatic rings. The predicted molar refractivity (Wildman–Crippen MR) is 139 cm³/mol. The monoisotopic (exact) mass is 488 g/mol. The van der Waals surface area contributed by atoms with E-state index in [0.717, 1.165) is 22.0 Å². The molecule has 1 heterocycles. The average molecular weight is 489 g/mol. The number of aromatic nitrogens is 1. The van der Waals surface area contributed by atoms with E-state index in [1.54, 1.807) is 18.2 Å². The number of fused-ring (bicyclic) bond motifs is 1. The van der Waals surface area contributed by atoms with E-state index < -0.39 is 0 Å². The Hall–Kier alpha value is -4.10. The summed E-state index contributed by atoms with van der Waals surface area (Å²) < 4.78 is 0. The third kappa shape index (κ3) is 5.70. The summed E-state index contributed by atoms with van der Waals surface area (Å²) in [5.41, 5.74) is 4.03. The smallest absolute Gasteiger partial charge is 0.251 e. The maximum absolute atomic E-state index is 13.2. The van der Waals surface area contributed by atoms with Gasteiger partial charge in [0, 0.05) is 65.4 Å². The second-order valence-corrected chi connectivity index (χ2v) is 8.64. The van der Waals surface area contributed by atoms with Gasteiger partial charge in [-0.1, -0.05) is 48.0 Å². The highest BCUT2D eigenvalue weighted by Crippen LogP contribution is 2.34. The van der Waals surface area contributed by atoms with Gasteiger partial charge in [-0.25, -0.2) is 0 Å². The van der Waals surface area contributed by atoms with Crippen LogP contribution in [0, 0.1) is 0 Å². The zero-order chi connectivity index (χ0) is 24.9. The molecule has 8 heteroatoms. The number of rotatable bonds is 7. The molecule has 0 spiro atoms. The lowest BCUT2D eigenvalue weighted by molar-refractivity contribution is -0.115. The molecule has 178 valence electrons. The lowest BCUT2D eigenvalue weighted by Crippen LogP contribution is -2.29. The van der Waals surface area contributed by atoms with Gasteiger partial charge in [0.2, 0.25) is 11.8 Å². The van der Waals surface area contributed by atoms with Gasteiger partial charge in [0.15, 0.2) is 0 Å². The van der Waals surface area contributed by atoms with Crippen LogP contribution in [0.2, 0.25) is 5.02 Å². The van der Waals surface area contributed by atoms with Crippen molar-refractivity contribution in [2.45, 2.75) is 19.8 Å². The zero-order valence-corrected chi connectivity index (χ0v) is 20.1. The predicted octanol–water partition coefficient (Wildman–Crippen LogP) is 5.30. The maximum Gasteiger partial charge on any atom is 0.251 e. The molecule has 1 aromatic heterocycles. The number of H-pyrrole nitrogens is 1. The largest absolute Gasteiger partial charge is 0.361 e. The van der Waals surface area contributed by atoms with Crippen molar-refractivity contribution in [2.75, 3.05) is 17.2 Å². The van der Waals surface area contributed by atoms with Crippen LogP contribution in [-0.4, -0.2) is 29.3 Å². The summed E-state index contributed by atoms with van der Waals surface area (Å²) in [6.07, 6.45) is 1.94. The standard InChI is InChI=1S/C27H25ClN4O3/c1-16(33)31-19-11-18(12-20(13-19)32-17(2)34)27(35)30-15-23(21-7-3-5-9-25(21)28)24-14-29-26-10-6-4-8-22(24)26/h3-14,23,29H,15H2,1-2H3,(H,30,35)(H,31,33)(H,32,34). The number of anilines is 2. The summed E-state index contributed by atoms with van der Waals surface area (Å²) in [7, 11) is 0. The molecule has 0 saturated carbocycles. The van der Waals surface area contributed by atoms with E-state index in [4.69, 9.17) is 11.6 Å². The highest BCUT2D eigenvalue weighted by molar-refractivity contribution is 6.31. The molecule has 35 heavy (non-hydrogen) atoms. The van der Waals surface area contributed by atoms with E-state index in [9.17, 15) is 14.4 Å². The lowest BCUT2D eigenvalue weighted by atomic mass is 9.90. The quantitative estimate of drug-likeness (QED) is 0.284. The van der Waals surface area contributed by atoms with E-state index >= 15 is 0 Å². The van der Waals surface area contributed by atoms with E-state index in [0.29, 0.717) is 22.0 Å². The fourth-order valence-corrected chi connectivity index (χ4v) is 4.40. The van der Waals surface area contributed by atoms with Crippen LogP contribution in [0.15, 0.2) is 72.9 Å². The Kier molecular flexibility index (Phi) is 7.17. The number of hydrogen-bond donors (Lipinski definition) is 4. The molecule has 7 nitrogen and oxygen atoms in total. The van der Waals surface area contributed by atoms with Crippen LogP contribution < -0.4 is 16.0 Å². The Bertz CT molecular complexity index is 1380. The fourth-order valence-electron chi connectivity index (χ4n) is 4.13. The minimum atomic E-state index is -0.347. The normalized spacial score (nSPS) is 11.6. The Morgan fingerprint density at radius 2 is 1.49 bits per heavy atom. The SMILES string of the molecule is CC(=O)Nc1cc(NC(C)=O)cc(C(=O)NCC(c2ccccc2Cl)c2c[nH]c3ccccc23)c1. The summed E-state index contributed by atoms with van der Waals surface area (Å²) in [4.78, 5) is 39.6. The van der Waals surface area contributed by atoms with Crippen LogP contribution in [0.25, 0.3) is 10.9 Å². The minimum absolute atomic E-state index is 0.211. The Labute approximate surface area is 207 Å². The summed E-state index contributed by atoms with van der Waals surface area (Å²) in [6, 6.07) is 20.3. The first-order valence-corrected chi connectivity index (χ1v) is 11.5. The van der Waals surface area contributed by atoms with Crippen LogP contribution in [-0.2, 0) is 9.59 Å². The van der Waals surface area contributed by atoms with Crippen molar-refractivity contribution in [2.24, 2.45) is 0 Å². The van der Waals surface area contributed by atoms with Crippen molar-refractivity contribution in [3.05, 3.63) is 94.6 Å². The van der Waals surface area contributed by atoms with Gasteiger partial charge in [-0.05, 0) is 41.5 Å². The molecule has 1 atom stereocenters. The number of halogens is 1. The van der Waals surface area contributed by atoms with Gasteiger partial charge in [0.25, 0.3) is 5.91 Å². The molecule has 3 aromatic carbocycles. The van der Waals surface area contributed by atoms with E-state index in [-0.39, 0.29) is 30.2 Å². The molecule has 0 fully saturated rings. The van der Waals surface area contributed by atoms with E-state index in [1.807, 2.05) is 54.7 Å². The van der Waals surface area contributed by atoms with E-state index in [2.05, 4.69) is 20.9 Å². The molecular formula is C27H25ClN4O3. The molecule has 4 N–H and O–H groups in total. The van der Waals surface area contributed by atoms with Gasteiger partial charge < -0.3 is 20.9 Å². The van der Waals surface area contributed by atoms with Gasteiger partial charge in [-0.15, -0.1) is 0 Å². The van der Waals surface area contributed by atoms with Crippen molar-refractivity contribution < 1.29 is 14.4 Å². The van der Waals surface area contributed by atoms with Crippen LogP contribution in [0.1, 0.15) is 41.3 Å². The number of carbonyl (C=O) groups excluding carboxylic acids is 3. The van der Waals surface area contributed by atoms with Crippen molar-refractivity contribution in [1.82, 2.24) is 10.3 Å². The molecule has 0 aliphatic carbocycles. The Morgan fingerprint density at radius 1 is 0.857 bits per heavy atom. The third-order valence-electron chi connectivity index (χ3n) is 5.58. The second kappa shape index (κ2) is 10.4. The second-order valence-electron chi connectivity index (χ2n) is 8.24. The van der Waals surface area contributed by atoms with Gasteiger partial charge >= 0.3 is 0 Å². The van der Waals surface area contributed by atoms with Gasteiger partial charge in [-0.2, -0.15) is 0 Å². The van der Waals surface area contributed by atoms with Crippen LogP contribution in [0.4, 0.5) is 11.4 Å². The molecule has 0 bridgehead atoms. The molecule has 4 rings (SSSR count). The molecule has 1 unspecified atom stereocenters. The summed E-state index contributed by atoms with van der Waals surface area (Å²) in [5.74, 6) is -1.12. The molecule has 0 aliphatic heterocycles. The van der Waals surface area contributed by atoms with Crippen LogP contribution in [0.5, 0.6) is 0 Å². The van der Waals surface area contributed by atoms with Gasteiger partial charge in [0.1, 0.15) is 0 Å². The number of amides is 3. The van der Waals surface area contributed by atoms with Crippen molar-refractivity contribution in [1.29, 1.82) is 0 Å². The van der Waals surface area contributed by atoms with Crippen LogP contribution in [0.3, 0.4) is 0 Å². The van der Waals surface area contributed by atoms with Gasteiger partial charge in [-0.3, -0.25) is 14.4 Å². The average Bonchev–Trinajstić information content (AvgIpc) is 3.23. The van der Waals surface area contributed by atoms with E-state index in [1.165, 1.54) is 13.8 Å². The first kappa shape index (κ1) is 24.0. The maximum atomic E-state index is 13.2. The summed E-state index contributed by atoms with van der Waals surface area (Å²) >= 11 is 6.55. The molecule has 0 aliphatic rings. The third-order valence-corrected chi connectivity index (χ3v) is 5.92. The Balaban J connectivity index is 1.65. The molecule has 0 radical (unpaired) electrons. The topological polar surface area (TPSA) is 103 Å².